The van der Waals surface area contributed by atoms with Gasteiger partial charge in [0.1, 0.15) is 0 Å². The number of nitrogens with two attached hydrogens (primary N) is 2. The van der Waals surface area contributed by atoms with E-state index in [0.717, 1.165) is 0 Å². The van der Waals surface area contributed by atoms with Crippen molar-refractivity contribution in [1.82, 2.24) is 19.9 Å². The van der Waals surface area contributed by atoms with Crippen LogP contribution >= 0.6 is 0 Å². The largest absolute Gasteiger partial charge is 0.412 e. The van der Waals surface area contributed by atoms with E-state index < -0.39 is 0 Å². The van der Waals surface area contributed by atoms with Gasteiger partial charge >= 0.3 is 0 Å². The van der Waals surface area contributed by atoms with E-state index >= 15 is 0 Å². The van der Waals surface area contributed by atoms with Gasteiger partial charge in [-0.25, -0.2) is 9.97 Å². The summed E-state index contributed by atoms with van der Waals surface area (Å²) in [6, 6.07) is 0. The lowest BCUT2D eigenvalue weighted by Crippen LogP contribution is -2.19. The number of aromatic amines is 2. The van der Waals surface area contributed by atoms with Crippen LogP contribution in [0.1, 0.15) is 62.0 Å². The van der Waals surface area contributed by atoms with Gasteiger partial charge in [0, 0.05) is 11.1 Å². The molecule has 0 aliphatic rings. The van der Waals surface area contributed by atoms with Crippen molar-refractivity contribution in [2.45, 2.75) is 53.4 Å². The highest BCUT2D eigenvalue weighted by Crippen LogP contribution is 2.12. The molecule has 0 radical (unpaired) electrons. The van der Waals surface area contributed by atoms with Crippen LogP contribution in [0, 0.1) is 13.8 Å². The van der Waals surface area contributed by atoms with Gasteiger partial charge in [-0.3, -0.25) is 19.6 Å². The Labute approximate surface area is 146 Å². The molecule has 0 aromatic carbocycles. The maximum atomic E-state index is 11.3. The molecule has 2 heterocycles. The van der Waals surface area contributed by atoms with Crippen LogP contribution in [0.4, 0.5) is 11.9 Å². The number of hydrogen-bond donors (Lipinski definition) is 4. The molecule has 0 amide bonds. The number of H-pyrrole nitrogens is 2. The zero-order valence-corrected chi connectivity index (χ0v) is 15.5. The minimum absolute atomic E-state index is 0. The Balaban J connectivity index is 0.000000443. The smallest absolute Gasteiger partial charge is 0.255 e. The Morgan fingerprint density at radius 1 is 0.760 bits per heavy atom. The minimum atomic E-state index is -0.130. The summed E-state index contributed by atoms with van der Waals surface area (Å²) in [5.74, 6) is 0.729. The molecular formula is C16H28N6O3. The molecule has 8 N–H and O–H groups in total. The summed E-state index contributed by atoms with van der Waals surface area (Å²) in [5, 5.41) is 0. The van der Waals surface area contributed by atoms with Gasteiger partial charge in [0.05, 0.1) is 11.4 Å². The van der Waals surface area contributed by atoms with Crippen LogP contribution < -0.4 is 22.6 Å². The Morgan fingerprint density at radius 2 is 1.04 bits per heavy atom. The van der Waals surface area contributed by atoms with Crippen LogP contribution in [-0.2, 0) is 0 Å². The van der Waals surface area contributed by atoms with Gasteiger partial charge in [0.25, 0.3) is 11.1 Å². The molecule has 2 rings (SSSR count). The number of nitrogens with one attached hydrogen (secondary N) is 2. The molecule has 0 saturated carbocycles. The van der Waals surface area contributed by atoms with Gasteiger partial charge in [-0.05, 0) is 25.7 Å². The molecule has 0 spiro atoms. The number of aryl methyl sites for hydroxylation is 2. The van der Waals surface area contributed by atoms with Crippen molar-refractivity contribution < 1.29 is 5.48 Å². The van der Waals surface area contributed by atoms with Gasteiger partial charge in [-0.15, -0.1) is 0 Å². The van der Waals surface area contributed by atoms with Crippen LogP contribution in [0.3, 0.4) is 0 Å². The number of aromatic nitrogens is 4. The van der Waals surface area contributed by atoms with Crippen molar-refractivity contribution in [3.05, 3.63) is 43.2 Å². The lowest BCUT2D eigenvalue weighted by Gasteiger charge is -2.06. The van der Waals surface area contributed by atoms with Crippen LogP contribution in [0.5, 0.6) is 0 Å². The van der Waals surface area contributed by atoms with Crippen LogP contribution in [0.15, 0.2) is 9.59 Å². The Morgan fingerprint density at radius 3 is 1.24 bits per heavy atom. The van der Waals surface area contributed by atoms with E-state index in [0.29, 0.717) is 22.5 Å². The van der Waals surface area contributed by atoms with Crippen LogP contribution in [-0.4, -0.2) is 25.4 Å². The molecule has 2 aromatic rings. The molecule has 0 aliphatic heterocycles. The number of rotatable bonds is 2. The normalized spacial score (nSPS) is 10.2. The highest BCUT2D eigenvalue weighted by atomic mass is 16.1. The molecule has 0 saturated heterocycles. The third kappa shape index (κ3) is 5.71. The van der Waals surface area contributed by atoms with Crippen LogP contribution in [0.25, 0.3) is 0 Å². The molecule has 0 atom stereocenters. The minimum Gasteiger partial charge on any atom is -0.412 e. The highest BCUT2D eigenvalue weighted by molar-refractivity contribution is 5.27. The van der Waals surface area contributed by atoms with Crippen LogP contribution in [0.2, 0.25) is 0 Å². The SMILES string of the molecule is Cc1nc(N)[nH]c(=O)c1C(C)C.Cc1nc(N)[nH]c(=O)c1C(C)C.O. The van der Waals surface area contributed by atoms with E-state index in [2.05, 4.69) is 19.9 Å². The van der Waals surface area contributed by atoms with E-state index in [1.165, 1.54) is 0 Å². The summed E-state index contributed by atoms with van der Waals surface area (Å²) in [7, 11) is 0. The third-order valence-electron chi connectivity index (χ3n) is 3.48. The van der Waals surface area contributed by atoms with Gasteiger partial charge < -0.3 is 16.9 Å². The van der Waals surface area contributed by atoms with Crippen molar-refractivity contribution in [2.24, 2.45) is 0 Å². The second-order valence-corrected chi connectivity index (χ2v) is 6.21. The molecule has 0 bridgehead atoms. The lowest BCUT2D eigenvalue weighted by molar-refractivity contribution is 0.815. The quantitative estimate of drug-likeness (QED) is 0.619. The average molecular weight is 352 g/mol. The third-order valence-corrected chi connectivity index (χ3v) is 3.48. The Kier molecular flexibility index (Phi) is 8.01. The van der Waals surface area contributed by atoms with E-state index in [-0.39, 0.29) is 40.3 Å². The molecule has 9 nitrogen and oxygen atoms in total. The Hall–Kier alpha value is -2.68. The fraction of sp³-hybridized carbons (Fsp3) is 0.500. The predicted molar refractivity (Wildman–Crippen MR) is 99.8 cm³/mol. The maximum absolute atomic E-state index is 11.3. The fourth-order valence-electron chi connectivity index (χ4n) is 2.59. The first kappa shape index (κ1) is 22.3. The zero-order chi connectivity index (χ0) is 18.6. The average Bonchev–Trinajstić information content (AvgIpc) is 2.35. The van der Waals surface area contributed by atoms with Crippen molar-refractivity contribution in [3.63, 3.8) is 0 Å². The number of nitrogen functional groups attached to an aromatic ring is 2. The second-order valence-electron chi connectivity index (χ2n) is 6.21. The summed E-state index contributed by atoms with van der Waals surface area (Å²) >= 11 is 0. The van der Waals surface area contributed by atoms with E-state index in [4.69, 9.17) is 11.5 Å². The standard InChI is InChI=1S/2C8H13N3O.H2O/c2*1-4(2)6-5(3)10-8(9)11-7(6)12;/h2*4H,1-3H3,(H3,9,10,11,12);1H2. The number of anilines is 2. The molecule has 25 heavy (non-hydrogen) atoms. The Bertz CT molecular complexity index is 754. The van der Waals surface area contributed by atoms with E-state index in [9.17, 15) is 9.59 Å². The van der Waals surface area contributed by atoms with Gasteiger partial charge in [0.2, 0.25) is 11.9 Å². The molecule has 0 aliphatic carbocycles. The molecule has 140 valence electrons. The first-order chi connectivity index (χ1) is 11.0. The molecule has 2 aromatic heterocycles. The van der Waals surface area contributed by atoms with Crippen molar-refractivity contribution in [3.8, 4) is 0 Å². The van der Waals surface area contributed by atoms with E-state index in [1.54, 1.807) is 13.8 Å². The monoisotopic (exact) mass is 352 g/mol. The number of nitrogens with zero attached hydrogens (tertiary/aromatic N) is 2. The molecule has 0 fully saturated rings. The van der Waals surface area contributed by atoms with Crippen molar-refractivity contribution >= 4 is 11.9 Å². The van der Waals surface area contributed by atoms with Crippen molar-refractivity contribution in [2.75, 3.05) is 11.5 Å². The van der Waals surface area contributed by atoms with Crippen molar-refractivity contribution in [1.29, 1.82) is 0 Å². The summed E-state index contributed by atoms with van der Waals surface area (Å²) in [6.45, 7) is 11.4. The van der Waals surface area contributed by atoms with Gasteiger partial charge in [0.15, 0.2) is 0 Å². The summed E-state index contributed by atoms with van der Waals surface area (Å²) in [4.78, 5) is 35.6. The van der Waals surface area contributed by atoms with E-state index in [1.807, 2.05) is 27.7 Å². The van der Waals surface area contributed by atoms with Gasteiger partial charge in [-0.1, -0.05) is 27.7 Å². The molecule has 9 heteroatoms. The first-order valence-corrected chi connectivity index (χ1v) is 7.77. The maximum Gasteiger partial charge on any atom is 0.255 e. The fourth-order valence-corrected chi connectivity index (χ4v) is 2.59. The summed E-state index contributed by atoms with van der Waals surface area (Å²) in [6.07, 6.45) is 0. The second kappa shape index (κ2) is 8.97. The molecule has 0 unspecified atom stereocenters. The summed E-state index contributed by atoms with van der Waals surface area (Å²) < 4.78 is 0. The lowest BCUT2D eigenvalue weighted by atomic mass is 10.0. The topological polar surface area (TPSA) is 175 Å². The predicted octanol–water partition coefficient (Wildman–Crippen LogP) is 0.743. The highest BCUT2D eigenvalue weighted by Gasteiger charge is 2.10. The number of hydrogen-bond acceptors (Lipinski definition) is 6. The van der Waals surface area contributed by atoms with Gasteiger partial charge in [-0.2, -0.15) is 0 Å². The summed E-state index contributed by atoms with van der Waals surface area (Å²) in [5.41, 5.74) is 13.3. The first-order valence-electron chi connectivity index (χ1n) is 7.77. The molecular weight excluding hydrogens is 324 g/mol. The zero-order valence-electron chi connectivity index (χ0n) is 15.5.